The Morgan fingerprint density at radius 1 is 1.33 bits per heavy atom. The number of ether oxygens (including phenoxy) is 2. The van der Waals surface area contributed by atoms with Crippen LogP contribution < -0.4 is 0 Å². The average Bonchev–Trinajstić information content (AvgIpc) is 3.03. The zero-order valence-electron chi connectivity index (χ0n) is 13.2. The first-order valence-corrected chi connectivity index (χ1v) is 7.67. The molecule has 2 aliphatic heterocycles. The van der Waals surface area contributed by atoms with Crippen molar-refractivity contribution in [3.8, 4) is 0 Å². The van der Waals surface area contributed by atoms with Crippen molar-refractivity contribution in [1.29, 1.82) is 0 Å². The average molecular weight is 295 g/mol. The van der Waals surface area contributed by atoms with Gasteiger partial charge in [0.25, 0.3) is 0 Å². The predicted molar refractivity (Wildman–Crippen MR) is 78.2 cm³/mol. The Labute approximate surface area is 126 Å². The van der Waals surface area contributed by atoms with Crippen LogP contribution in [-0.2, 0) is 16.0 Å². The zero-order valence-corrected chi connectivity index (χ0v) is 13.2. The van der Waals surface area contributed by atoms with Crippen LogP contribution in [0, 0.1) is 13.8 Å². The number of nitrogens with zero attached hydrogens (tertiary/aromatic N) is 3. The van der Waals surface area contributed by atoms with Gasteiger partial charge in [-0.2, -0.15) is 0 Å². The number of aryl methyl sites for hydroxylation is 2. The minimum Gasteiger partial charge on any atom is -0.383 e. The van der Waals surface area contributed by atoms with E-state index in [9.17, 15) is 0 Å². The van der Waals surface area contributed by atoms with Crippen LogP contribution in [0.1, 0.15) is 17.0 Å². The van der Waals surface area contributed by atoms with E-state index in [1.807, 2.05) is 13.8 Å². The quantitative estimate of drug-likeness (QED) is 0.802. The molecule has 6 heteroatoms. The monoisotopic (exact) mass is 295 g/mol. The number of fused-ring (bicyclic) bond motifs is 1. The van der Waals surface area contributed by atoms with Crippen molar-refractivity contribution in [2.24, 2.45) is 0 Å². The third kappa shape index (κ3) is 3.13. The van der Waals surface area contributed by atoms with Gasteiger partial charge in [-0.15, -0.1) is 0 Å². The molecule has 2 saturated heterocycles. The van der Waals surface area contributed by atoms with Gasteiger partial charge in [0.2, 0.25) is 0 Å². The van der Waals surface area contributed by atoms with Crippen molar-refractivity contribution < 1.29 is 14.0 Å². The van der Waals surface area contributed by atoms with E-state index in [-0.39, 0.29) is 0 Å². The summed E-state index contributed by atoms with van der Waals surface area (Å²) in [5, 5.41) is 4.06. The van der Waals surface area contributed by atoms with Crippen molar-refractivity contribution >= 4 is 0 Å². The molecule has 3 rings (SSSR count). The lowest BCUT2D eigenvalue weighted by Crippen LogP contribution is -2.50. The number of rotatable bonds is 5. The Balaban J connectivity index is 1.66. The predicted octanol–water partition coefficient (Wildman–Crippen LogP) is 0.823. The van der Waals surface area contributed by atoms with Crippen molar-refractivity contribution in [3.05, 3.63) is 17.0 Å². The minimum absolute atomic E-state index is 0.316. The van der Waals surface area contributed by atoms with E-state index >= 15 is 0 Å². The third-order valence-electron chi connectivity index (χ3n) is 4.65. The maximum atomic E-state index is 5.96. The normalized spacial score (nSPS) is 27.2. The summed E-state index contributed by atoms with van der Waals surface area (Å²) in [6, 6.07) is 0.462. The second-order valence-electron chi connectivity index (χ2n) is 6.00. The second kappa shape index (κ2) is 6.44. The summed E-state index contributed by atoms with van der Waals surface area (Å²) in [6.07, 6.45) is 0.316. The topological polar surface area (TPSA) is 51.0 Å². The molecule has 0 unspecified atom stereocenters. The van der Waals surface area contributed by atoms with Gasteiger partial charge < -0.3 is 14.0 Å². The van der Waals surface area contributed by atoms with E-state index in [1.165, 1.54) is 5.56 Å². The Kier molecular flexibility index (Phi) is 4.59. The minimum atomic E-state index is 0.316. The van der Waals surface area contributed by atoms with Gasteiger partial charge in [0.05, 0.1) is 31.1 Å². The Morgan fingerprint density at radius 2 is 2.19 bits per heavy atom. The number of aromatic nitrogens is 1. The molecule has 1 aromatic heterocycles. The van der Waals surface area contributed by atoms with Gasteiger partial charge in [0.1, 0.15) is 5.76 Å². The van der Waals surface area contributed by atoms with Gasteiger partial charge in [-0.1, -0.05) is 5.16 Å². The molecule has 6 nitrogen and oxygen atoms in total. The van der Waals surface area contributed by atoms with Crippen molar-refractivity contribution in [2.75, 3.05) is 46.5 Å². The lowest BCUT2D eigenvalue weighted by molar-refractivity contribution is -0.0506. The highest BCUT2D eigenvalue weighted by Crippen LogP contribution is 2.26. The summed E-state index contributed by atoms with van der Waals surface area (Å²) in [4.78, 5) is 4.96. The van der Waals surface area contributed by atoms with E-state index < -0.39 is 0 Å². The number of morpholine rings is 1. The number of methoxy groups -OCH3 is 1. The fourth-order valence-corrected chi connectivity index (χ4v) is 3.36. The first kappa shape index (κ1) is 15.0. The first-order valence-electron chi connectivity index (χ1n) is 7.67. The maximum Gasteiger partial charge on any atom is 0.138 e. The molecule has 2 aliphatic rings. The highest BCUT2D eigenvalue weighted by atomic mass is 16.5. The molecule has 3 heterocycles. The summed E-state index contributed by atoms with van der Waals surface area (Å²) in [5.41, 5.74) is 2.23. The smallest absolute Gasteiger partial charge is 0.138 e. The molecule has 0 aromatic carbocycles. The summed E-state index contributed by atoms with van der Waals surface area (Å²) in [5.74, 6) is 0.935. The van der Waals surface area contributed by atoms with Crippen molar-refractivity contribution in [1.82, 2.24) is 15.0 Å². The standard InChI is InChI=1S/C15H25N3O3/c1-11-13(12(2)21-16-11)8-18-5-7-20-15-10-17(4-6-19-3)9-14(15)18/h14-15H,4-10H2,1-3H3/t14-,15-/m0/s1. The van der Waals surface area contributed by atoms with Crippen LogP contribution in [-0.4, -0.2) is 73.6 Å². The van der Waals surface area contributed by atoms with E-state index in [1.54, 1.807) is 7.11 Å². The van der Waals surface area contributed by atoms with E-state index in [4.69, 9.17) is 14.0 Å². The number of likely N-dealkylation sites (tertiary alicyclic amines) is 1. The molecule has 0 saturated carbocycles. The first-order chi connectivity index (χ1) is 10.2. The molecule has 0 spiro atoms. The molecular formula is C15H25N3O3. The fraction of sp³-hybridized carbons (Fsp3) is 0.800. The summed E-state index contributed by atoms with van der Waals surface area (Å²) in [7, 11) is 1.75. The molecule has 1 aromatic rings. The molecule has 21 heavy (non-hydrogen) atoms. The third-order valence-corrected chi connectivity index (χ3v) is 4.65. The van der Waals surface area contributed by atoms with Crippen molar-refractivity contribution in [2.45, 2.75) is 32.5 Å². The summed E-state index contributed by atoms with van der Waals surface area (Å²) in [6.45, 7) is 10.5. The summed E-state index contributed by atoms with van der Waals surface area (Å²) < 4.78 is 16.4. The number of hydrogen-bond donors (Lipinski definition) is 0. The molecule has 0 bridgehead atoms. The second-order valence-corrected chi connectivity index (χ2v) is 6.00. The van der Waals surface area contributed by atoms with Crippen LogP contribution in [0.5, 0.6) is 0 Å². The van der Waals surface area contributed by atoms with Gasteiger partial charge in [0.15, 0.2) is 0 Å². The van der Waals surface area contributed by atoms with Gasteiger partial charge in [0, 0.05) is 45.4 Å². The van der Waals surface area contributed by atoms with Crippen LogP contribution in [0.2, 0.25) is 0 Å². The Bertz CT molecular complexity index is 457. The molecule has 0 aliphatic carbocycles. The van der Waals surface area contributed by atoms with Crippen LogP contribution in [0.15, 0.2) is 4.52 Å². The van der Waals surface area contributed by atoms with E-state index in [0.717, 1.165) is 57.4 Å². The van der Waals surface area contributed by atoms with Crippen LogP contribution in [0.3, 0.4) is 0 Å². The van der Waals surface area contributed by atoms with Gasteiger partial charge in [-0.3, -0.25) is 9.80 Å². The zero-order chi connectivity index (χ0) is 14.8. The Hall–Kier alpha value is -0.950. The van der Waals surface area contributed by atoms with Crippen LogP contribution in [0.25, 0.3) is 0 Å². The largest absolute Gasteiger partial charge is 0.383 e. The van der Waals surface area contributed by atoms with Crippen molar-refractivity contribution in [3.63, 3.8) is 0 Å². The summed E-state index contributed by atoms with van der Waals surface area (Å²) >= 11 is 0. The number of hydrogen-bond acceptors (Lipinski definition) is 6. The van der Waals surface area contributed by atoms with Crippen LogP contribution >= 0.6 is 0 Å². The molecule has 2 atom stereocenters. The van der Waals surface area contributed by atoms with E-state index in [0.29, 0.717) is 12.1 Å². The van der Waals surface area contributed by atoms with Crippen LogP contribution in [0.4, 0.5) is 0 Å². The molecule has 0 amide bonds. The molecular weight excluding hydrogens is 270 g/mol. The highest BCUT2D eigenvalue weighted by molar-refractivity contribution is 5.21. The molecule has 0 N–H and O–H groups in total. The van der Waals surface area contributed by atoms with E-state index in [2.05, 4.69) is 15.0 Å². The van der Waals surface area contributed by atoms with Gasteiger partial charge >= 0.3 is 0 Å². The lowest BCUT2D eigenvalue weighted by atomic mass is 10.1. The molecule has 0 radical (unpaired) electrons. The maximum absolute atomic E-state index is 5.96. The molecule has 118 valence electrons. The van der Waals surface area contributed by atoms with Gasteiger partial charge in [-0.25, -0.2) is 0 Å². The molecule has 2 fully saturated rings. The SMILES string of the molecule is COCCN1C[C@@H]2OCCN(Cc3c(C)noc3C)[C@H]2C1. The van der Waals surface area contributed by atoms with Gasteiger partial charge in [-0.05, 0) is 13.8 Å². The highest BCUT2D eigenvalue weighted by Gasteiger charge is 2.40. The lowest BCUT2D eigenvalue weighted by Gasteiger charge is -2.36. The fourth-order valence-electron chi connectivity index (χ4n) is 3.36. The Morgan fingerprint density at radius 3 is 2.90 bits per heavy atom.